The van der Waals surface area contributed by atoms with Crippen LogP contribution in [-0.2, 0) is 32.3 Å². The van der Waals surface area contributed by atoms with Gasteiger partial charge in [0.15, 0.2) is 0 Å². The van der Waals surface area contributed by atoms with E-state index in [1.54, 1.807) is 0 Å². The predicted octanol–water partition coefficient (Wildman–Crippen LogP) is 8.70. The molecule has 0 bridgehead atoms. The second kappa shape index (κ2) is 22.6. The molecule has 0 aliphatic heterocycles. The van der Waals surface area contributed by atoms with Crippen molar-refractivity contribution in [1.29, 1.82) is 0 Å². The van der Waals surface area contributed by atoms with E-state index in [2.05, 4.69) is 66.7 Å². The molecule has 0 saturated heterocycles. The Bertz CT molecular complexity index is 747. The first-order chi connectivity index (χ1) is 10.4. The molecule has 0 aliphatic carbocycles. The van der Waals surface area contributed by atoms with Crippen LogP contribution in [0.1, 0.15) is 11.1 Å². The van der Waals surface area contributed by atoms with Gasteiger partial charge < -0.3 is 52.0 Å². The summed E-state index contributed by atoms with van der Waals surface area (Å²) in [5.41, 5.74) is 2.79. The van der Waals surface area contributed by atoms with E-state index in [1.807, 2.05) is 30.3 Å². The van der Waals surface area contributed by atoms with Crippen LogP contribution in [0.4, 0.5) is 0 Å². The third-order valence-electron chi connectivity index (χ3n) is 3.56. The fraction of sp³-hybridized carbons (Fsp3) is 0.0357. The van der Waals surface area contributed by atoms with Crippen LogP contribution in [0.15, 0.2) is 97.1 Å². The van der Waals surface area contributed by atoms with Gasteiger partial charge in [0.25, 0.3) is 0 Å². The molecule has 0 amide bonds. The van der Waals surface area contributed by atoms with Gasteiger partial charge in [0.1, 0.15) is 0 Å². The molecule has 0 fully saturated rings. The van der Waals surface area contributed by atoms with Crippen molar-refractivity contribution in [2.24, 2.45) is 0 Å². The maximum absolute atomic E-state index is 2.23. The van der Waals surface area contributed by atoms with Gasteiger partial charge in [-0.05, 0) is 6.42 Å². The number of hydrogen-bond donors (Lipinski definition) is 0. The number of hydrogen-bond acceptors (Lipinski definition) is 0. The standard InChI is InChI=1S/C16H13.C5H5.7CH3.Hf/c1-2-6-13(7-3-1)12-15-11-10-14-8-4-5-9-16(14)15;1-2-4-5-3-1;;;;;;;;/h1-11H,12H2;1-5H;7*1H3;/q9*-1;. The summed E-state index contributed by atoms with van der Waals surface area (Å²) >= 11 is 0. The molecule has 0 heterocycles. The van der Waals surface area contributed by atoms with Crippen molar-refractivity contribution in [1.82, 2.24) is 0 Å². The topological polar surface area (TPSA) is 0 Å². The number of benzene rings is 2. The number of rotatable bonds is 2. The van der Waals surface area contributed by atoms with Gasteiger partial charge >= 0.3 is 0 Å². The second-order valence-corrected chi connectivity index (χ2v) is 5.07. The maximum atomic E-state index is 2.23. The molecule has 4 aromatic rings. The smallest absolute Gasteiger partial charge is 0 e. The Morgan fingerprint density at radius 3 is 1.62 bits per heavy atom. The van der Waals surface area contributed by atoms with E-state index in [-0.39, 0.29) is 77.8 Å². The SMILES string of the molecule is [CH3-].[CH3-].[CH3-].[CH3-].[CH3-].[CH3-].[CH3-].[Hf].c1cc[cH-]c1.c1ccc(C[c-]2ccc3ccccc32)cc1. The quantitative estimate of drug-likeness (QED) is 0.172. The molecular formula is C28H39Hf-9. The van der Waals surface area contributed by atoms with Gasteiger partial charge in [-0.25, -0.2) is 12.1 Å². The van der Waals surface area contributed by atoms with Gasteiger partial charge in [0.05, 0.1) is 0 Å². The van der Waals surface area contributed by atoms with Crippen molar-refractivity contribution in [3.8, 4) is 0 Å². The molecule has 29 heavy (non-hydrogen) atoms. The Morgan fingerprint density at radius 1 is 0.586 bits per heavy atom. The van der Waals surface area contributed by atoms with Crippen LogP contribution in [0.5, 0.6) is 0 Å². The van der Waals surface area contributed by atoms with Crippen LogP contribution >= 0.6 is 0 Å². The Hall–Kier alpha value is -1.73. The number of fused-ring (bicyclic) bond motifs is 1. The molecular weight excluding hydrogens is 515 g/mol. The molecule has 4 aromatic carbocycles. The summed E-state index contributed by atoms with van der Waals surface area (Å²) in [6.45, 7) is 0. The molecule has 0 aromatic heterocycles. The average Bonchev–Trinajstić information content (AvgIpc) is 3.22. The molecule has 0 N–H and O–H groups in total. The van der Waals surface area contributed by atoms with Gasteiger partial charge in [-0.15, -0.1) is 40.6 Å². The van der Waals surface area contributed by atoms with E-state index < -0.39 is 0 Å². The predicted molar refractivity (Wildman–Crippen MR) is 136 cm³/mol. The molecule has 4 rings (SSSR count). The van der Waals surface area contributed by atoms with Crippen LogP contribution in [0, 0.1) is 52.0 Å². The first kappa shape index (κ1) is 41.6. The first-order valence-corrected chi connectivity index (χ1v) is 7.27. The minimum atomic E-state index is 0. The second-order valence-electron chi connectivity index (χ2n) is 5.07. The summed E-state index contributed by atoms with van der Waals surface area (Å²) in [7, 11) is 0. The third kappa shape index (κ3) is 12.4. The van der Waals surface area contributed by atoms with Gasteiger partial charge in [-0.2, -0.15) is 24.3 Å². The Kier molecular flexibility index (Phi) is 32.4. The van der Waals surface area contributed by atoms with Crippen LogP contribution in [0.2, 0.25) is 0 Å². The van der Waals surface area contributed by atoms with Crippen molar-refractivity contribution in [2.45, 2.75) is 6.42 Å². The Balaban J connectivity index is -0.0000000916. The molecule has 0 radical (unpaired) electrons. The van der Waals surface area contributed by atoms with Crippen LogP contribution in [0.25, 0.3) is 10.8 Å². The minimum absolute atomic E-state index is 0. The van der Waals surface area contributed by atoms with E-state index in [1.165, 1.54) is 21.9 Å². The summed E-state index contributed by atoms with van der Waals surface area (Å²) < 4.78 is 0. The molecule has 0 saturated carbocycles. The summed E-state index contributed by atoms with van der Waals surface area (Å²) in [4.78, 5) is 0. The van der Waals surface area contributed by atoms with Crippen molar-refractivity contribution in [2.75, 3.05) is 0 Å². The van der Waals surface area contributed by atoms with E-state index >= 15 is 0 Å². The van der Waals surface area contributed by atoms with Crippen LogP contribution in [0.3, 0.4) is 0 Å². The van der Waals surface area contributed by atoms with E-state index in [9.17, 15) is 0 Å². The summed E-state index contributed by atoms with van der Waals surface area (Å²) in [6.07, 6.45) is 1.02. The first-order valence-electron chi connectivity index (χ1n) is 7.27. The van der Waals surface area contributed by atoms with Crippen molar-refractivity contribution >= 4 is 10.8 Å². The van der Waals surface area contributed by atoms with Crippen LogP contribution < -0.4 is 0 Å². The average molecular weight is 554 g/mol. The largest absolute Gasteiger partial charge is 0.358 e. The van der Waals surface area contributed by atoms with Gasteiger partial charge in [-0.1, -0.05) is 42.0 Å². The third-order valence-corrected chi connectivity index (χ3v) is 3.56. The van der Waals surface area contributed by atoms with Gasteiger partial charge in [0.2, 0.25) is 0 Å². The monoisotopic (exact) mass is 555 g/mol. The molecule has 0 atom stereocenters. The van der Waals surface area contributed by atoms with Gasteiger partial charge in [0, 0.05) is 25.8 Å². The van der Waals surface area contributed by atoms with Gasteiger partial charge in [-0.3, -0.25) is 0 Å². The Labute approximate surface area is 202 Å². The summed E-state index contributed by atoms with van der Waals surface area (Å²) in [5.74, 6) is 0. The molecule has 0 unspecified atom stereocenters. The molecule has 0 aliphatic rings. The Morgan fingerprint density at radius 2 is 1.10 bits per heavy atom. The molecule has 1 heteroatoms. The van der Waals surface area contributed by atoms with Crippen molar-refractivity contribution in [3.05, 3.63) is 160 Å². The van der Waals surface area contributed by atoms with Crippen molar-refractivity contribution in [3.63, 3.8) is 0 Å². The van der Waals surface area contributed by atoms with E-state index in [0.717, 1.165) is 6.42 Å². The van der Waals surface area contributed by atoms with E-state index in [0.29, 0.717) is 0 Å². The normalized spacial score (nSPS) is 7.31. The van der Waals surface area contributed by atoms with Crippen LogP contribution in [-0.4, -0.2) is 0 Å². The zero-order chi connectivity index (χ0) is 14.3. The zero-order valence-electron chi connectivity index (χ0n) is 19.4. The fourth-order valence-corrected chi connectivity index (χ4v) is 2.51. The maximum Gasteiger partial charge on any atom is 0 e. The summed E-state index contributed by atoms with van der Waals surface area (Å²) in [6, 6.07) is 33.6. The molecule has 0 nitrogen and oxygen atoms in total. The van der Waals surface area contributed by atoms with Crippen molar-refractivity contribution < 1.29 is 25.8 Å². The minimum Gasteiger partial charge on any atom is -0.358 e. The summed E-state index contributed by atoms with van der Waals surface area (Å²) in [5, 5.41) is 2.72. The fourth-order valence-electron chi connectivity index (χ4n) is 2.51. The zero-order valence-corrected chi connectivity index (χ0v) is 23.0. The molecule has 164 valence electrons. The molecule has 0 spiro atoms. The van der Waals surface area contributed by atoms with E-state index in [4.69, 9.17) is 0 Å².